The zero-order valence-corrected chi connectivity index (χ0v) is 9.11. The summed E-state index contributed by atoms with van der Waals surface area (Å²) >= 11 is 3.12. The van der Waals surface area contributed by atoms with Gasteiger partial charge >= 0.3 is 0 Å². The zero-order valence-electron chi connectivity index (χ0n) is 7.52. The number of halogens is 2. The maximum Gasteiger partial charge on any atom is 0.175 e. The third-order valence-electron chi connectivity index (χ3n) is 2.04. The molecule has 1 unspecified atom stereocenters. The van der Waals surface area contributed by atoms with E-state index < -0.39 is 11.9 Å². The fourth-order valence-corrected chi connectivity index (χ4v) is 1.73. The summed E-state index contributed by atoms with van der Waals surface area (Å²) in [5.74, 6) is -0.543. The lowest BCUT2D eigenvalue weighted by molar-refractivity contribution is 0.212. The molecule has 2 heterocycles. The Balaban J connectivity index is 2.41. The number of aliphatic hydroxyl groups excluding tert-OH is 1. The summed E-state index contributed by atoms with van der Waals surface area (Å²) in [5.41, 5.74) is 0.659. The summed E-state index contributed by atoms with van der Waals surface area (Å²) in [5, 5.41) is 9.88. The molecule has 0 amide bonds. The van der Waals surface area contributed by atoms with Gasteiger partial charge in [-0.1, -0.05) is 0 Å². The van der Waals surface area contributed by atoms with Gasteiger partial charge in [0.2, 0.25) is 0 Å². The van der Waals surface area contributed by atoms with E-state index in [1.54, 1.807) is 6.07 Å². The van der Waals surface area contributed by atoms with Crippen molar-refractivity contribution < 1.29 is 13.9 Å². The number of hydrogen-bond acceptors (Lipinski definition) is 3. The van der Waals surface area contributed by atoms with Crippen LogP contribution >= 0.6 is 15.9 Å². The molecule has 0 bridgehead atoms. The Hall–Kier alpha value is -1.20. The van der Waals surface area contributed by atoms with E-state index in [4.69, 9.17) is 4.42 Å². The van der Waals surface area contributed by atoms with Crippen molar-refractivity contribution in [1.82, 2.24) is 4.98 Å². The van der Waals surface area contributed by atoms with E-state index in [9.17, 15) is 9.50 Å². The van der Waals surface area contributed by atoms with Gasteiger partial charge in [-0.25, -0.2) is 4.39 Å². The normalized spacial score (nSPS) is 12.7. The van der Waals surface area contributed by atoms with Crippen molar-refractivity contribution in [2.75, 3.05) is 0 Å². The highest BCUT2D eigenvalue weighted by Crippen LogP contribution is 2.30. The zero-order chi connectivity index (χ0) is 10.8. The van der Waals surface area contributed by atoms with E-state index in [-0.39, 0.29) is 5.56 Å². The number of aliphatic hydroxyl groups is 1. The van der Waals surface area contributed by atoms with Gasteiger partial charge in [0.15, 0.2) is 4.67 Å². The molecular formula is C10H7BrFNO2. The Kier molecular flexibility index (Phi) is 2.83. The number of hydrogen-bond donors (Lipinski definition) is 1. The van der Waals surface area contributed by atoms with Crippen molar-refractivity contribution in [1.29, 1.82) is 0 Å². The van der Waals surface area contributed by atoms with Crippen molar-refractivity contribution in [2.24, 2.45) is 0 Å². The number of aromatic nitrogens is 1. The molecule has 1 N–H and O–H groups in total. The predicted molar refractivity (Wildman–Crippen MR) is 54.7 cm³/mol. The van der Waals surface area contributed by atoms with Gasteiger partial charge in [-0.2, -0.15) is 0 Å². The molecule has 0 spiro atoms. The van der Waals surface area contributed by atoms with Crippen LogP contribution < -0.4 is 0 Å². The Bertz CT molecular complexity index is 472. The Morgan fingerprint density at radius 3 is 2.80 bits per heavy atom. The summed E-state index contributed by atoms with van der Waals surface area (Å²) < 4.78 is 18.7. The third kappa shape index (κ3) is 1.93. The monoisotopic (exact) mass is 271 g/mol. The second kappa shape index (κ2) is 4.12. The van der Waals surface area contributed by atoms with Crippen LogP contribution in [-0.2, 0) is 0 Å². The molecule has 0 aromatic carbocycles. The van der Waals surface area contributed by atoms with Gasteiger partial charge in [-0.3, -0.25) is 4.98 Å². The molecule has 0 aliphatic carbocycles. The van der Waals surface area contributed by atoms with Crippen LogP contribution in [0.2, 0.25) is 0 Å². The molecule has 2 rings (SSSR count). The highest BCUT2D eigenvalue weighted by molar-refractivity contribution is 9.10. The number of nitrogens with zero attached hydrogens (tertiary/aromatic N) is 1. The summed E-state index contributed by atoms with van der Waals surface area (Å²) in [6.07, 6.45) is 2.85. The molecule has 0 saturated carbocycles. The Labute approximate surface area is 93.7 Å². The minimum absolute atomic E-state index is 0.173. The Morgan fingerprint density at radius 1 is 1.40 bits per heavy atom. The van der Waals surface area contributed by atoms with Crippen LogP contribution in [0.15, 0.2) is 39.9 Å². The van der Waals surface area contributed by atoms with E-state index >= 15 is 0 Å². The SMILES string of the molecule is OC(c1ccncc1F)c1ccoc1Br. The van der Waals surface area contributed by atoms with Crippen LogP contribution in [0.5, 0.6) is 0 Å². The first-order valence-electron chi connectivity index (χ1n) is 4.20. The second-order valence-corrected chi connectivity index (χ2v) is 3.67. The first-order valence-corrected chi connectivity index (χ1v) is 5.00. The molecule has 3 nitrogen and oxygen atoms in total. The van der Waals surface area contributed by atoms with Gasteiger partial charge < -0.3 is 9.52 Å². The van der Waals surface area contributed by atoms with Gasteiger partial charge in [-0.15, -0.1) is 0 Å². The first-order chi connectivity index (χ1) is 7.20. The van der Waals surface area contributed by atoms with Crippen molar-refractivity contribution in [2.45, 2.75) is 6.10 Å². The van der Waals surface area contributed by atoms with Crippen molar-refractivity contribution in [3.05, 3.63) is 52.4 Å². The van der Waals surface area contributed by atoms with E-state index in [0.29, 0.717) is 10.2 Å². The van der Waals surface area contributed by atoms with Gasteiger partial charge in [0.1, 0.15) is 11.9 Å². The van der Waals surface area contributed by atoms with Gasteiger partial charge in [0.05, 0.1) is 12.5 Å². The quantitative estimate of drug-likeness (QED) is 0.914. The number of pyridine rings is 1. The maximum atomic E-state index is 13.3. The molecule has 1 atom stereocenters. The standard InChI is InChI=1S/C10H7BrFNO2/c11-10-7(2-4-15-10)9(14)6-1-3-13-5-8(6)12/h1-5,9,14H. The molecular weight excluding hydrogens is 265 g/mol. The fraction of sp³-hybridized carbons (Fsp3) is 0.100. The molecule has 2 aromatic rings. The maximum absolute atomic E-state index is 13.3. The molecule has 5 heteroatoms. The Morgan fingerprint density at radius 2 is 2.20 bits per heavy atom. The van der Waals surface area contributed by atoms with Crippen LogP contribution in [0.1, 0.15) is 17.2 Å². The molecule has 2 aromatic heterocycles. The smallest absolute Gasteiger partial charge is 0.175 e. The average Bonchev–Trinajstić information content (AvgIpc) is 2.64. The molecule has 15 heavy (non-hydrogen) atoms. The molecule has 0 aliphatic heterocycles. The highest BCUT2D eigenvalue weighted by Gasteiger charge is 2.18. The molecule has 0 fully saturated rings. The van der Waals surface area contributed by atoms with Crippen LogP contribution in [0.25, 0.3) is 0 Å². The van der Waals surface area contributed by atoms with E-state index in [0.717, 1.165) is 6.20 Å². The lowest BCUT2D eigenvalue weighted by Gasteiger charge is -2.09. The van der Waals surface area contributed by atoms with Crippen LogP contribution in [0.4, 0.5) is 4.39 Å². The van der Waals surface area contributed by atoms with Gasteiger partial charge in [0, 0.05) is 17.3 Å². The minimum Gasteiger partial charge on any atom is -0.457 e. The third-order valence-corrected chi connectivity index (χ3v) is 2.68. The van der Waals surface area contributed by atoms with Gasteiger partial charge in [0.25, 0.3) is 0 Å². The minimum atomic E-state index is -1.05. The topological polar surface area (TPSA) is 46.3 Å². The van der Waals surface area contributed by atoms with Crippen molar-refractivity contribution in [3.63, 3.8) is 0 Å². The molecule has 0 aliphatic rings. The predicted octanol–water partition coefficient (Wildman–Crippen LogP) is 2.66. The highest BCUT2D eigenvalue weighted by atomic mass is 79.9. The lowest BCUT2D eigenvalue weighted by Crippen LogP contribution is -2.02. The van der Waals surface area contributed by atoms with Crippen LogP contribution in [0.3, 0.4) is 0 Å². The average molecular weight is 272 g/mol. The summed E-state index contributed by atoms with van der Waals surface area (Å²) in [4.78, 5) is 3.61. The molecule has 0 radical (unpaired) electrons. The molecule has 0 saturated heterocycles. The van der Waals surface area contributed by atoms with E-state index in [1.807, 2.05) is 0 Å². The second-order valence-electron chi connectivity index (χ2n) is 2.95. The van der Waals surface area contributed by atoms with E-state index in [2.05, 4.69) is 20.9 Å². The summed E-state index contributed by atoms with van der Waals surface area (Å²) in [7, 11) is 0. The fourth-order valence-electron chi connectivity index (χ4n) is 1.27. The molecule has 78 valence electrons. The number of rotatable bonds is 2. The number of furan rings is 1. The van der Waals surface area contributed by atoms with E-state index in [1.165, 1.54) is 18.5 Å². The lowest BCUT2D eigenvalue weighted by atomic mass is 10.1. The van der Waals surface area contributed by atoms with Crippen molar-refractivity contribution in [3.8, 4) is 0 Å². The van der Waals surface area contributed by atoms with Crippen LogP contribution in [0, 0.1) is 5.82 Å². The summed E-state index contributed by atoms with van der Waals surface area (Å²) in [6, 6.07) is 3.01. The van der Waals surface area contributed by atoms with Crippen molar-refractivity contribution >= 4 is 15.9 Å². The summed E-state index contributed by atoms with van der Waals surface area (Å²) in [6.45, 7) is 0. The van der Waals surface area contributed by atoms with Gasteiger partial charge in [-0.05, 0) is 28.1 Å². The largest absolute Gasteiger partial charge is 0.457 e. The van der Waals surface area contributed by atoms with Crippen LogP contribution in [-0.4, -0.2) is 10.1 Å². The first kappa shape index (κ1) is 10.3.